The number of alkyl halides is 3. The third-order valence-electron chi connectivity index (χ3n) is 9.41. The molecule has 3 aliphatic rings. The lowest BCUT2D eigenvalue weighted by molar-refractivity contribution is -0.137. The summed E-state index contributed by atoms with van der Waals surface area (Å²) in [7, 11) is 1.37. The maximum absolute atomic E-state index is 13.5. The number of aromatic nitrogens is 2. The first-order valence-corrected chi connectivity index (χ1v) is 14.6. The summed E-state index contributed by atoms with van der Waals surface area (Å²) in [4.78, 5) is 22.7. The Morgan fingerprint density at radius 2 is 2.10 bits per heavy atom. The summed E-state index contributed by atoms with van der Waals surface area (Å²) < 4.78 is 51.0. The monoisotopic (exact) mass is 561 g/mol. The van der Waals surface area contributed by atoms with Crippen molar-refractivity contribution in [3.05, 3.63) is 51.1 Å². The number of fused-ring (bicyclic) bond motifs is 4. The van der Waals surface area contributed by atoms with Gasteiger partial charge in [-0.05, 0) is 86.7 Å². The molecule has 0 saturated carbocycles. The highest BCUT2D eigenvalue weighted by atomic mass is 32.1. The van der Waals surface area contributed by atoms with Gasteiger partial charge in [0.2, 0.25) is 0 Å². The first-order chi connectivity index (χ1) is 18.7. The Kier molecular flexibility index (Phi) is 7.00. The minimum atomic E-state index is -4.35. The number of piperidine rings is 1. The van der Waals surface area contributed by atoms with Gasteiger partial charge in [-0.3, -0.25) is 0 Å². The van der Waals surface area contributed by atoms with E-state index in [-0.39, 0.29) is 11.3 Å². The van der Waals surface area contributed by atoms with Crippen LogP contribution in [-0.4, -0.2) is 60.8 Å². The van der Waals surface area contributed by atoms with Gasteiger partial charge in [-0.25, -0.2) is 9.78 Å². The number of nitrogens with zero attached hydrogens (tertiary/aromatic N) is 2. The number of hydrogen-bond donors (Lipinski definition) is 1. The molecule has 3 atom stereocenters. The summed E-state index contributed by atoms with van der Waals surface area (Å²) in [6.45, 7) is 6.42. The lowest BCUT2D eigenvalue weighted by Gasteiger charge is -2.45. The van der Waals surface area contributed by atoms with Crippen molar-refractivity contribution in [1.82, 2.24) is 14.9 Å². The zero-order valence-corrected chi connectivity index (χ0v) is 23.1. The molecule has 6 rings (SSSR count). The Labute approximate surface area is 229 Å². The molecule has 210 valence electrons. The molecule has 1 N–H and O–H groups in total. The average Bonchev–Trinajstić information content (AvgIpc) is 3.57. The highest BCUT2D eigenvalue weighted by molar-refractivity contribution is 7.10. The number of aromatic amines is 1. The third-order valence-corrected chi connectivity index (χ3v) is 10.5. The summed E-state index contributed by atoms with van der Waals surface area (Å²) in [5, 5.41) is 3.49. The van der Waals surface area contributed by atoms with Crippen LogP contribution in [0.1, 0.15) is 70.8 Å². The largest absolute Gasteiger partial charge is 0.464 e. The van der Waals surface area contributed by atoms with E-state index in [1.165, 1.54) is 30.6 Å². The van der Waals surface area contributed by atoms with Crippen molar-refractivity contribution in [3.63, 3.8) is 0 Å². The number of carbonyl (C=O) groups is 1. The van der Waals surface area contributed by atoms with E-state index in [9.17, 15) is 18.0 Å². The number of H-pyrrole nitrogens is 1. The number of ether oxygens (including phenoxy) is 2. The summed E-state index contributed by atoms with van der Waals surface area (Å²) in [5.74, 6) is 0.693. The molecule has 3 aromatic rings. The summed E-state index contributed by atoms with van der Waals surface area (Å²) in [6.07, 6.45) is 0.302. The van der Waals surface area contributed by atoms with Gasteiger partial charge in [-0.1, -0.05) is 6.92 Å². The van der Waals surface area contributed by atoms with Crippen LogP contribution in [0.5, 0.6) is 0 Å². The van der Waals surface area contributed by atoms with E-state index in [4.69, 9.17) is 9.47 Å². The number of esters is 1. The van der Waals surface area contributed by atoms with Gasteiger partial charge >= 0.3 is 12.1 Å². The fourth-order valence-corrected chi connectivity index (χ4v) is 8.23. The Morgan fingerprint density at radius 1 is 1.31 bits per heavy atom. The number of halogens is 3. The molecular weight excluding hydrogens is 527 g/mol. The first-order valence-electron chi connectivity index (χ1n) is 13.7. The van der Waals surface area contributed by atoms with Crippen molar-refractivity contribution < 1.29 is 27.4 Å². The van der Waals surface area contributed by atoms with E-state index in [0.29, 0.717) is 36.1 Å². The Morgan fingerprint density at radius 3 is 2.85 bits per heavy atom. The fraction of sp³-hybridized carbons (Fsp3) is 0.586. The number of thiazole rings is 1. The number of carbonyl (C=O) groups excluding carboxylic acids is 1. The molecule has 10 heteroatoms. The molecule has 0 spiro atoms. The molecule has 2 saturated heterocycles. The van der Waals surface area contributed by atoms with Crippen molar-refractivity contribution in [1.29, 1.82) is 0 Å². The number of benzene rings is 1. The van der Waals surface area contributed by atoms with Crippen molar-refractivity contribution >= 4 is 28.2 Å². The molecule has 2 aromatic heterocycles. The first kappa shape index (κ1) is 26.8. The number of methoxy groups -OCH3 is 1. The predicted octanol–water partition coefficient (Wildman–Crippen LogP) is 6.17. The predicted molar refractivity (Wildman–Crippen MR) is 143 cm³/mol. The minimum absolute atomic E-state index is 0.123. The lowest BCUT2D eigenvalue weighted by atomic mass is 9.68. The highest BCUT2D eigenvalue weighted by Gasteiger charge is 2.42. The molecule has 6 nitrogen and oxygen atoms in total. The topological polar surface area (TPSA) is 67.5 Å². The molecule has 2 aliphatic heterocycles. The molecule has 1 aromatic carbocycles. The van der Waals surface area contributed by atoms with Crippen LogP contribution in [-0.2, 0) is 27.5 Å². The van der Waals surface area contributed by atoms with Gasteiger partial charge in [-0.2, -0.15) is 13.2 Å². The van der Waals surface area contributed by atoms with Gasteiger partial charge in [0, 0.05) is 47.2 Å². The minimum Gasteiger partial charge on any atom is -0.464 e. The Balaban J connectivity index is 1.20. The zero-order valence-electron chi connectivity index (χ0n) is 22.3. The van der Waals surface area contributed by atoms with E-state index in [2.05, 4.69) is 21.8 Å². The molecular formula is C29H34F3N3O3S. The second-order valence-electron chi connectivity index (χ2n) is 11.5. The van der Waals surface area contributed by atoms with E-state index >= 15 is 0 Å². The number of rotatable bonds is 5. The number of nitrogens with one attached hydrogen (secondary N) is 1. The maximum Gasteiger partial charge on any atom is 0.416 e. The number of hydrogen-bond acceptors (Lipinski definition) is 6. The van der Waals surface area contributed by atoms with Crippen LogP contribution in [0.15, 0.2) is 23.6 Å². The third kappa shape index (κ3) is 4.89. The normalized spacial score (nSPS) is 25.3. The summed E-state index contributed by atoms with van der Waals surface area (Å²) in [6, 6.07) is 4.08. The van der Waals surface area contributed by atoms with Crippen LogP contribution < -0.4 is 0 Å². The van der Waals surface area contributed by atoms with Crippen LogP contribution in [0.2, 0.25) is 0 Å². The Bertz CT molecular complexity index is 1360. The molecule has 39 heavy (non-hydrogen) atoms. The molecule has 0 bridgehead atoms. The van der Waals surface area contributed by atoms with Gasteiger partial charge in [0.25, 0.3) is 0 Å². The van der Waals surface area contributed by atoms with E-state index < -0.39 is 17.7 Å². The molecule has 4 heterocycles. The zero-order chi connectivity index (χ0) is 27.4. The molecule has 0 unspecified atom stereocenters. The van der Waals surface area contributed by atoms with E-state index in [1.807, 2.05) is 0 Å². The fourth-order valence-electron chi connectivity index (χ4n) is 7.15. The lowest BCUT2D eigenvalue weighted by Crippen LogP contribution is -2.47. The van der Waals surface area contributed by atoms with Crippen LogP contribution >= 0.6 is 11.3 Å². The standard InChI is InChI=1S/C29H34F3N3O3S/c1-17-21-15-35(10-6-28(7-11-38-12-8-28)27-34-24(16-39-27)26(36)37-2)9-5-18(21)13-23-25(17)20-14-19(29(30,31)32)3-4-22(20)33-23/h3-4,14,16-18,21,33H,5-13,15H2,1-2H3/t17-,18-,21-/m1/s1. The van der Waals surface area contributed by atoms with Gasteiger partial charge in [0.1, 0.15) is 0 Å². The summed E-state index contributed by atoms with van der Waals surface area (Å²) in [5.41, 5.74) is 2.63. The molecule has 0 radical (unpaired) electrons. The molecule has 1 aliphatic carbocycles. The van der Waals surface area contributed by atoms with Crippen LogP contribution in [0.4, 0.5) is 13.2 Å². The van der Waals surface area contributed by atoms with Crippen molar-refractivity contribution in [2.75, 3.05) is 40.0 Å². The van der Waals surface area contributed by atoms with Gasteiger partial charge in [0.05, 0.1) is 17.7 Å². The summed E-state index contributed by atoms with van der Waals surface area (Å²) >= 11 is 1.53. The van der Waals surface area contributed by atoms with Crippen LogP contribution in [0, 0.1) is 11.8 Å². The van der Waals surface area contributed by atoms with Crippen molar-refractivity contribution in [2.24, 2.45) is 11.8 Å². The second kappa shape index (κ2) is 10.2. The molecule has 0 amide bonds. The highest BCUT2D eigenvalue weighted by Crippen LogP contribution is 2.47. The average molecular weight is 562 g/mol. The van der Waals surface area contributed by atoms with E-state index in [1.54, 1.807) is 11.4 Å². The smallest absolute Gasteiger partial charge is 0.416 e. The van der Waals surface area contributed by atoms with Crippen LogP contribution in [0.25, 0.3) is 10.9 Å². The number of likely N-dealkylation sites (tertiary alicyclic amines) is 1. The molecule has 2 fully saturated rings. The van der Waals surface area contributed by atoms with E-state index in [0.717, 1.165) is 73.5 Å². The van der Waals surface area contributed by atoms with Gasteiger partial charge < -0.3 is 19.4 Å². The van der Waals surface area contributed by atoms with Crippen molar-refractivity contribution in [2.45, 2.75) is 56.5 Å². The SMILES string of the molecule is COC(=O)c1csc(C2(CCN3CC[C@@H]4Cc5[nH]c6ccc(C(F)(F)F)cc6c5[C@H](C)[C@H]4C3)CCOCC2)n1. The Hall–Kier alpha value is -2.43. The van der Waals surface area contributed by atoms with Crippen molar-refractivity contribution in [3.8, 4) is 0 Å². The van der Waals surface area contributed by atoms with Gasteiger partial charge in [-0.15, -0.1) is 11.3 Å². The maximum atomic E-state index is 13.5. The second-order valence-corrected chi connectivity index (χ2v) is 12.3. The van der Waals surface area contributed by atoms with Crippen LogP contribution in [0.3, 0.4) is 0 Å². The quantitative estimate of drug-likeness (QED) is 0.378. The van der Waals surface area contributed by atoms with Gasteiger partial charge in [0.15, 0.2) is 5.69 Å².